The number of rotatable bonds is 6. The molecule has 0 unspecified atom stereocenters. The van der Waals surface area contributed by atoms with E-state index in [1.165, 1.54) is 6.92 Å². The number of nitrogens with one attached hydrogen (secondary N) is 1. The zero-order valence-corrected chi connectivity index (χ0v) is 16.9. The van der Waals surface area contributed by atoms with Gasteiger partial charge < -0.3 is 24.4 Å². The summed E-state index contributed by atoms with van der Waals surface area (Å²) in [6.07, 6.45) is 1.50. The van der Waals surface area contributed by atoms with Crippen LogP contribution in [-0.2, 0) is 9.53 Å². The number of amides is 2. The number of hydrogen-bond acceptors (Lipinski definition) is 5. The molecular weight excluding hydrogens is 372 g/mol. The molecule has 3 rings (SSSR count). The zero-order chi connectivity index (χ0) is 20.8. The van der Waals surface area contributed by atoms with E-state index in [4.69, 9.17) is 14.2 Å². The van der Waals surface area contributed by atoms with Crippen molar-refractivity contribution in [2.24, 2.45) is 0 Å². The highest BCUT2D eigenvalue weighted by Gasteiger charge is 2.28. The van der Waals surface area contributed by atoms with Crippen LogP contribution in [-0.4, -0.2) is 45.3 Å². The van der Waals surface area contributed by atoms with Gasteiger partial charge in [0.15, 0.2) is 0 Å². The second-order valence-electron chi connectivity index (χ2n) is 6.85. The molecule has 2 amide bonds. The number of methoxy groups -OCH3 is 2. The maximum absolute atomic E-state index is 13.5. The van der Waals surface area contributed by atoms with Gasteiger partial charge in [-0.1, -0.05) is 0 Å². The molecular formula is C22H26N2O5. The van der Waals surface area contributed by atoms with Gasteiger partial charge >= 0.3 is 0 Å². The van der Waals surface area contributed by atoms with E-state index in [0.29, 0.717) is 36.0 Å². The van der Waals surface area contributed by atoms with Gasteiger partial charge in [0, 0.05) is 49.2 Å². The lowest BCUT2D eigenvalue weighted by Crippen LogP contribution is -2.43. The summed E-state index contributed by atoms with van der Waals surface area (Å²) >= 11 is 0. The number of carbonyl (C=O) groups is 2. The maximum atomic E-state index is 13.5. The molecule has 0 aliphatic carbocycles. The summed E-state index contributed by atoms with van der Waals surface area (Å²) < 4.78 is 16.1. The van der Waals surface area contributed by atoms with Gasteiger partial charge in [-0.25, -0.2) is 0 Å². The van der Waals surface area contributed by atoms with Crippen molar-refractivity contribution in [2.75, 3.05) is 37.7 Å². The topological polar surface area (TPSA) is 77.1 Å². The molecule has 0 atom stereocenters. The zero-order valence-electron chi connectivity index (χ0n) is 16.9. The molecule has 1 heterocycles. The molecule has 1 aliphatic heterocycles. The molecule has 0 aromatic heterocycles. The van der Waals surface area contributed by atoms with E-state index < -0.39 is 0 Å². The molecule has 29 heavy (non-hydrogen) atoms. The minimum atomic E-state index is -0.140. The average molecular weight is 398 g/mol. The number of nitrogens with zero attached hydrogens (tertiary/aromatic N) is 1. The fourth-order valence-corrected chi connectivity index (χ4v) is 3.42. The molecule has 1 N–H and O–H groups in total. The van der Waals surface area contributed by atoms with Gasteiger partial charge in [-0.15, -0.1) is 0 Å². The second-order valence-corrected chi connectivity index (χ2v) is 6.85. The molecule has 1 aliphatic rings. The number of carbonyl (C=O) groups excluding carboxylic acids is 2. The Hall–Kier alpha value is -3.06. The first kappa shape index (κ1) is 20.7. The number of hydrogen-bond donors (Lipinski definition) is 1. The summed E-state index contributed by atoms with van der Waals surface area (Å²) in [4.78, 5) is 26.6. The largest absolute Gasteiger partial charge is 0.497 e. The lowest BCUT2D eigenvalue weighted by molar-refractivity contribution is -0.114. The molecule has 0 saturated carbocycles. The van der Waals surface area contributed by atoms with E-state index in [9.17, 15) is 9.59 Å². The average Bonchev–Trinajstić information content (AvgIpc) is 2.75. The van der Waals surface area contributed by atoms with Crippen molar-refractivity contribution >= 4 is 23.2 Å². The number of anilines is 2. The molecule has 154 valence electrons. The third-order valence-corrected chi connectivity index (χ3v) is 4.84. The van der Waals surface area contributed by atoms with Crippen LogP contribution in [0.4, 0.5) is 11.4 Å². The van der Waals surface area contributed by atoms with Gasteiger partial charge in [-0.2, -0.15) is 0 Å². The molecule has 2 aromatic carbocycles. The summed E-state index contributed by atoms with van der Waals surface area (Å²) in [5.74, 6) is 0.834. The van der Waals surface area contributed by atoms with Crippen molar-refractivity contribution in [2.45, 2.75) is 25.8 Å². The van der Waals surface area contributed by atoms with Crippen LogP contribution in [0.2, 0.25) is 0 Å². The predicted molar refractivity (Wildman–Crippen MR) is 111 cm³/mol. The van der Waals surface area contributed by atoms with Crippen LogP contribution in [0.25, 0.3) is 0 Å². The highest BCUT2D eigenvalue weighted by Crippen LogP contribution is 2.29. The van der Waals surface area contributed by atoms with Crippen LogP contribution < -0.4 is 19.7 Å². The van der Waals surface area contributed by atoms with Crippen LogP contribution in [0.5, 0.6) is 11.5 Å². The van der Waals surface area contributed by atoms with Crippen LogP contribution in [0.3, 0.4) is 0 Å². The van der Waals surface area contributed by atoms with Crippen LogP contribution in [0.1, 0.15) is 30.1 Å². The van der Waals surface area contributed by atoms with Crippen molar-refractivity contribution < 1.29 is 23.8 Å². The van der Waals surface area contributed by atoms with Crippen molar-refractivity contribution in [1.82, 2.24) is 0 Å². The first-order valence-corrected chi connectivity index (χ1v) is 9.54. The van der Waals surface area contributed by atoms with Gasteiger partial charge in [0.05, 0.1) is 14.2 Å². The third kappa shape index (κ3) is 5.06. The molecule has 0 bridgehead atoms. The monoisotopic (exact) mass is 398 g/mol. The molecule has 7 heteroatoms. The van der Waals surface area contributed by atoms with E-state index in [0.717, 1.165) is 18.5 Å². The first-order valence-electron chi connectivity index (χ1n) is 9.54. The van der Waals surface area contributed by atoms with Crippen molar-refractivity contribution in [3.63, 3.8) is 0 Å². The Bertz CT molecular complexity index is 838. The summed E-state index contributed by atoms with van der Waals surface area (Å²) in [5.41, 5.74) is 1.93. The van der Waals surface area contributed by atoms with Crippen molar-refractivity contribution in [1.29, 1.82) is 0 Å². The number of benzene rings is 2. The van der Waals surface area contributed by atoms with Crippen LogP contribution >= 0.6 is 0 Å². The fourth-order valence-electron chi connectivity index (χ4n) is 3.42. The molecule has 1 saturated heterocycles. The summed E-state index contributed by atoms with van der Waals surface area (Å²) in [5, 5.41) is 2.75. The fraction of sp³-hybridized carbons (Fsp3) is 0.364. The molecule has 2 aromatic rings. The van der Waals surface area contributed by atoms with Crippen molar-refractivity contribution in [3.05, 3.63) is 48.0 Å². The van der Waals surface area contributed by atoms with E-state index in [1.54, 1.807) is 49.5 Å². The SMILES string of the molecule is COc1cc(OC)cc(C(=O)N(c2ccc(NC(C)=O)cc2)C2CCOCC2)c1. The summed E-state index contributed by atoms with van der Waals surface area (Å²) in [7, 11) is 3.11. The van der Waals surface area contributed by atoms with Crippen molar-refractivity contribution in [3.8, 4) is 11.5 Å². The Balaban J connectivity index is 1.97. The Labute approximate surface area is 170 Å². The minimum absolute atomic E-state index is 0.0139. The number of ether oxygens (including phenoxy) is 3. The van der Waals surface area contributed by atoms with Gasteiger partial charge in [0.1, 0.15) is 11.5 Å². The lowest BCUT2D eigenvalue weighted by Gasteiger charge is -2.34. The molecule has 1 fully saturated rings. The summed E-state index contributed by atoms with van der Waals surface area (Å²) in [6, 6.07) is 12.4. The molecule has 0 spiro atoms. The van der Waals surface area contributed by atoms with E-state index in [-0.39, 0.29) is 17.9 Å². The minimum Gasteiger partial charge on any atom is -0.497 e. The van der Waals surface area contributed by atoms with E-state index >= 15 is 0 Å². The van der Waals surface area contributed by atoms with Gasteiger partial charge in [-0.3, -0.25) is 9.59 Å². The third-order valence-electron chi connectivity index (χ3n) is 4.84. The Morgan fingerprint density at radius 3 is 2.10 bits per heavy atom. The van der Waals surface area contributed by atoms with Gasteiger partial charge in [0.25, 0.3) is 5.91 Å². The Morgan fingerprint density at radius 2 is 1.59 bits per heavy atom. The highest BCUT2D eigenvalue weighted by atomic mass is 16.5. The highest BCUT2D eigenvalue weighted by molar-refractivity contribution is 6.07. The predicted octanol–water partition coefficient (Wildman–Crippen LogP) is 3.49. The Kier molecular flexibility index (Phi) is 6.72. The maximum Gasteiger partial charge on any atom is 0.258 e. The van der Waals surface area contributed by atoms with Gasteiger partial charge in [0.2, 0.25) is 5.91 Å². The van der Waals surface area contributed by atoms with Gasteiger partial charge in [-0.05, 0) is 49.2 Å². The molecule has 0 radical (unpaired) electrons. The normalized spacial score (nSPS) is 14.2. The quantitative estimate of drug-likeness (QED) is 0.806. The van der Waals surface area contributed by atoms with Crippen LogP contribution in [0.15, 0.2) is 42.5 Å². The lowest BCUT2D eigenvalue weighted by atomic mass is 10.0. The summed E-state index contributed by atoms with van der Waals surface area (Å²) in [6.45, 7) is 2.68. The van der Waals surface area contributed by atoms with Crippen LogP contribution in [0, 0.1) is 0 Å². The van der Waals surface area contributed by atoms with E-state index in [2.05, 4.69) is 5.32 Å². The Morgan fingerprint density at radius 1 is 1.00 bits per heavy atom. The van der Waals surface area contributed by atoms with E-state index in [1.807, 2.05) is 12.1 Å². The first-order chi connectivity index (χ1) is 14.0. The second kappa shape index (κ2) is 9.43. The standard InChI is InChI=1S/C22H26N2O5/c1-15(25)23-17-4-6-18(7-5-17)24(19-8-10-29-11-9-19)22(26)16-12-20(27-2)14-21(13-16)28-3/h4-7,12-14,19H,8-11H2,1-3H3,(H,23,25). The smallest absolute Gasteiger partial charge is 0.258 e. The molecule has 7 nitrogen and oxygen atoms in total.